The van der Waals surface area contributed by atoms with Gasteiger partial charge in [-0.2, -0.15) is 0 Å². The summed E-state index contributed by atoms with van der Waals surface area (Å²) in [5.74, 6) is -0.263. The highest BCUT2D eigenvalue weighted by molar-refractivity contribution is 6.03. The van der Waals surface area contributed by atoms with Gasteiger partial charge in [-0.1, -0.05) is 60.7 Å². The quantitative estimate of drug-likeness (QED) is 0.455. The summed E-state index contributed by atoms with van der Waals surface area (Å²) < 4.78 is 41.0. The van der Waals surface area contributed by atoms with Crippen LogP contribution in [-0.2, 0) is 0 Å². The van der Waals surface area contributed by atoms with Crippen LogP contribution in [0.5, 0.6) is 5.75 Å². The summed E-state index contributed by atoms with van der Waals surface area (Å²) in [6, 6.07) is 23.3. The lowest BCUT2D eigenvalue weighted by Gasteiger charge is -2.19. The molecule has 136 valence electrons. The number of benzene rings is 4. The molecule has 4 rings (SSSR count). The minimum atomic E-state index is -4.71. The average molecular weight is 367 g/mol. The van der Waals surface area contributed by atoms with Gasteiger partial charge in [0.15, 0.2) is 0 Å². The van der Waals surface area contributed by atoms with Crippen LogP contribution in [0.1, 0.15) is 17.2 Å². The minimum Gasteiger partial charge on any atom is -0.406 e. The first kappa shape index (κ1) is 17.4. The molecule has 4 aromatic carbocycles. The van der Waals surface area contributed by atoms with Crippen molar-refractivity contribution in [3.8, 4) is 5.75 Å². The van der Waals surface area contributed by atoms with Crippen LogP contribution in [0.2, 0.25) is 0 Å². The molecule has 5 heteroatoms. The third-order valence-electron chi connectivity index (χ3n) is 4.60. The molecule has 0 bridgehead atoms. The van der Waals surface area contributed by atoms with Crippen molar-refractivity contribution < 1.29 is 17.9 Å². The van der Waals surface area contributed by atoms with Crippen molar-refractivity contribution in [1.82, 2.24) is 0 Å². The molecule has 0 aliphatic carbocycles. The van der Waals surface area contributed by atoms with Gasteiger partial charge in [0.1, 0.15) is 5.75 Å². The van der Waals surface area contributed by atoms with Crippen molar-refractivity contribution in [2.75, 3.05) is 0 Å². The number of hydrogen-bond acceptors (Lipinski definition) is 2. The lowest BCUT2D eigenvalue weighted by Crippen LogP contribution is -2.17. The average Bonchev–Trinajstić information content (AvgIpc) is 2.65. The normalized spacial score (nSPS) is 13.0. The van der Waals surface area contributed by atoms with Gasteiger partial charge in [-0.05, 0) is 50.9 Å². The Labute approximate surface area is 154 Å². The molecule has 4 aromatic rings. The fraction of sp³-hybridized carbons (Fsp3) is 0.0909. The summed E-state index contributed by atoms with van der Waals surface area (Å²) >= 11 is 0. The molecular weight excluding hydrogens is 351 g/mol. The maximum Gasteiger partial charge on any atom is 0.573 e. The number of fused-ring (bicyclic) bond motifs is 2. The van der Waals surface area contributed by atoms with E-state index in [9.17, 15) is 13.2 Å². The molecule has 0 unspecified atom stereocenters. The third kappa shape index (κ3) is 3.46. The van der Waals surface area contributed by atoms with Gasteiger partial charge in [0, 0.05) is 0 Å². The molecule has 0 aliphatic heterocycles. The van der Waals surface area contributed by atoms with Crippen molar-refractivity contribution in [3.05, 3.63) is 90.0 Å². The Morgan fingerprint density at radius 3 is 1.78 bits per heavy atom. The van der Waals surface area contributed by atoms with E-state index in [0.717, 1.165) is 27.1 Å². The molecule has 2 nitrogen and oxygen atoms in total. The molecule has 0 aromatic heterocycles. The van der Waals surface area contributed by atoms with Gasteiger partial charge in [-0.15, -0.1) is 13.2 Å². The SMILES string of the molecule is N[C@H](c1ccc(OC(F)(F)F)cc1)c1c2ccccc2cc2ccccc12. The largest absolute Gasteiger partial charge is 0.573 e. The van der Waals surface area contributed by atoms with E-state index in [4.69, 9.17) is 5.73 Å². The van der Waals surface area contributed by atoms with E-state index in [1.54, 1.807) is 12.1 Å². The fourth-order valence-corrected chi connectivity index (χ4v) is 3.43. The number of nitrogens with two attached hydrogens (primary N) is 1. The van der Waals surface area contributed by atoms with Crippen LogP contribution < -0.4 is 10.5 Å². The summed E-state index contributed by atoms with van der Waals surface area (Å²) in [5, 5.41) is 4.19. The third-order valence-corrected chi connectivity index (χ3v) is 4.60. The standard InChI is InChI=1S/C22H16F3NO/c23-22(24,25)27-17-11-9-14(10-12-17)21(26)20-18-7-3-1-5-15(18)13-16-6-2-4-8-19(16)20/h1-13,21H,26H2/t21-/m1/s1. The summed E-state index contributed by atoms with van der Waals surface area (Å²) in [5.41, 5.74) is 8.23. The molecule has 0 fully saturated rings. The van der Waals surface area contributed by atoms with Crippen LogP contribution in [0.15, 0.2) is 78.9 Å². The van der Waals surface area contributed by atoms with Gasteiger partial charge >= 0.3 is 6.36 Å². The van der Waals surface area contributed by atoms with Crippen LogP contribution in [0.3, 0.4) is 0 Å². The predicted molar refractivity (Wildman–Crippen MR) is 101 cm³/mol. The van der Waals surface area contributed by atoms with Crippen LogP contribution in [0.4, 0.5) is 13.2 Å². The van der Waals surface area contributed by atoms with Gasteiger partial charge in [-0.3, -0.25) is 0 Å². The number of hydrogen-bond donors (Lipinski definition) is 1. The van der Waals surface area contributed by atoms with Gasteiger partial charge in [-0.25, -0.2) is 0 Å². The molecule has 0 saturated carbocycles. The zero-order chi connectivity index (χ0) is 19.0. The Hall–Kier alpha value is -3.05. The van der Waals surface area contributed by atoms with E-state index in [1.165, 1.54) is 12.1 Å². The number of ether oxygens (including phenoxy) is 1. The molecule has 27 heavy (non-hydrogen) atoms. The highest BCUT2D eigenvalue weighted by Crippen LogP contribution is 2.35. The Morgan fingerprint density at radius 1 is 0.741 bits per heavy atom. The van der Waals surface area contributed by atoms with E-state index in [-0.39, 0.29) is 5.75 Å². The van der Waals surface area contributed by atoms with E-state index in [1.807, 2.05) is 48.5 Å². The van der Waals surface area contributed by atoms with Crippen molar-refractivity contribution in [1.29, 1.82) is 0 Å². The summed E-state index contributed by atoms with van der Waals surface area (Å²) in [6.07, 6.45) is -4.71. The van der Waals surface area contributed by atoms with E-state index in [0.29, 0.717) is 5.56 Å². The molecule has 0 saturated heterocycles. The molecule has 1 atom stereocenters. The van der Waals surface area contributed by atoms with E-state index < -0.39 is 12.4 Å². The minimum absolute atomic E-state index is 0.263. The summed E-state index contributed by atoms with van der Waals surface area (Å²) in [7, 11) is 0. The second kappa shape index (κ2) is 6.59. The van der Waals surface area contributed by atoms with Crippen LogP contribution in [0.25, 0.3) is 21.5 Å². The maximum absolute atomic E-state index is 12.4. The first-order valence-corrected chi connectivity index (χ1v) is 8.44. The highest BCUT2D eigenvalue weighted by Gasteiger charge is 2.31. The van der Waals surface area contributed by atoms with Crippen LogP contribution >= 0.6 is 0 Å². The van der Waals surface area contributed by atoms with Gasteiger partial charge in [0.05, 0.1) is 6.04 Å². The summed E-state index contributed by atoms with van der Waals surface area (Å²) in [6.45, 7) is 0. The first-order chi connectivity index (χ1) is 12.9. The first-order valence-electron chi connectivity index (χ1n) is 8.44. The number of alkyl halides is 3. The fourth-order valence-electron chi connectivity index (χ4n) is 3.43. The smallest absolute Gasteiger partial charge is 0.406 e. The molecule has 0 amide bonds. The second-order valence-electron chi connectivity index (χ2n) is 6.33. The van der Waals surface area contributed by atoms with Crippen LogP contribution in [0, 0.1) is 0 Å². The van der Waals surface area contributed by atoms with Gasteiger partial charge < -0.3 is 10.5 Å². The Bertz CT molecular complexity index is 1050. The summed E-state index contributed by atoms with van der Waals surface area (Å²) in [4.78, 5) is 0. The zero-order valence-corrected chi connectivity index (χ0v) is 14.2. The molecular formula is C22H16F3NO. The maximum atomic E-state index is 12.4. The van der Waals surface area contributed by atoms with Gasteiger partial charge in [0.2, 0.25) is 0 Å². The zero-order valence-electron chi connectivity index (χ0n) is 14.2. The van der Waals surface area contributed by atoms with Crippen molar-refractivity contribution >= 4 is 21.5 Å². The highest BCUT2D eigenvalue weighted by atomic mass is 19.4. The lowest BCUT2D eigenvalue weighted by atomic mass is 9.89. The molecule has 0 radical (unpaired) electrons. The van der Waals surface area contributed by atoms with Crippen molar-refractivity contribution in [2.24, 2.45) is 5.73 Å². The van der Waals surface area contributed by atoms with Crippen molar-refractivity contribution in [3.63, 3.8) is 0 Å². The molecule has 0 aliphatic rings. The van der Waals surface area contributed by atoms with Crippen LogP contribution in [-0.4, -0.2) is 6.36 Å². The molecule has 2 N–H and O–H groups in total. The Kier molecular flexibility index (Phi) is 4.24. The topological polar surface area (TPSA) is 35.2 Å². The molecule has 0 spiro atoms. The monoisotopic (exact) mass is 367 g/mol. The predicted octanol–water partition coefficient (Wildman–Crippen LogP) is 5.94. The lowest BCUT2D eigenvalue weighted by molar-refractivity contribution is -0.274. The second-order valence-corrected chi connectivity index (χ2v) is 6.33. The number of rotatable bonds is 3. The van der Waals surface area contributed by atoms with E-state index >= 15 is 0 Å². The number of halogens is 3. The Morgan fingerprint density at radius 2 is 1.26 bits per heavy atom. The van der Waals surface area contributed by atoms with E-state index in [2.05, 4.69) is 10.8 Å². The Balaban J connectivity index is 1.83. The van der Waals surface area contributed by atoms with Gasteiger partial charge in [0.25, 0.3) is 0 Å². The molecule has 0 heterocycles. The van der Waals surface area contributed by atoms with Crippen molar-refractivity contribution in [2.45, 2.75) is 12.4 Å².